The average molecular weight is 259 g/mol. The SMILES string of the molecule is OC1c2ccccc2CC1Cc1ccccc1Cl. The second-order valence-corrected chi connectivity index (χ2v) is 5.31. The van der Waals surface area contributed by atoms with Crippen molar-refractivity contribution in [1.82, 2.24) is 0 Å². The van der Waals surface area contributed by atoms with Crippen LogP contribution in [0.1, 0.15) is 22.8 Å². The van der Waals surface area contributed by atoms with Crippen molar-refractivity contribution in [1.29, 1.82) is 0 Å². The molecule has 0 saturated carbocycles. The standard InChI is InChI=1S/C16H15ClO/c17-15-8-4-2-6-12(15)10-13-9-11-5-1-3-7-14(11)16(13)18/h1-8,13,16,18H,9-10H2. The summed E-state index contributed by atoms with van der Waals surface area (Å²) in [5.41, 5.74) is 3.47. The van der Waals surface area contributed by atoms with Gasteiger partial charge in [0.1, 0.15) is 0 Å². The molecule has 2 unspecified atom stereocenters. The number of halogens is 1. The Morgan fingerprint density at radius 2 is 1.78 bits per heavy atom. The Kier molecular flexibility index (Phi) is 3.11. The van der Waals surface area contributed by atoms with E-state index in [4.69, 9.17) is 11.6 Å². The summed E-state index contributed by atoms with van der Waals surface area (Å²) in [6.45, 7) is 0. The summed E-state index contributed by atoms with van der Waals surface area (Å²) >= 11 is 6.18. The van der Waals surface area contributed by atoms with E-state index >= 15 is 0 Å². The largest absolute Gasteiger partial charge is 0.388 e. The monoisotopic (exact) mass is 258 g/mol. The quantitative estimate of drug-likeness (QED) is 0.869. The summed E-state index contributed by atoms with van der Waals surface area (Å²) in [6.07, 6.45) is 1.40. The molecule has 1 N–H and O–H groups in total. The molecule has 0 bridgehead atoms. The highest BCUT2D eigenvalue weighted by Gasteiger charge is 2.30. The number of aliphatic hydroxyl groups is 1. The van der Waals surface area contributed by atoms with Crippen LogP contribution in [0.3, 0.4) is 0 Å². The van der Waals surface area contributed by atoms with Crippen molar-refractivity contribution in [3.05, 3.63) is 70.2 Å². The molecule has 1 aliphatic carbocycles. The van der Waals surface area contributed by atoms with E-state index in [1.165, 1.54) is 5.56 Å². The van der Waals surface area contributed by atoms with Gasteiger partial charge in [0.2, 0.25) is 0 Å². The fourth-order valence-electron chi connectivity index (χ4n) is 2.79. The van der Waals surface area contributed by atoms with Gasteiger partial charge in [0.25, 0.3) is 0 Å². The highest BCUT2D eigenvalue weighted by atomic mass is 35.5. The lowest BCUT2D eigenvalue weighted by Crippen LogP contribution is -2.10. The molecule has 2 atom stereocenters. The molecule has 0 amide bonds. The maximum absolute atomic E-state index is 10.4. The number of benzene rings is 2. The summed E-state index contributed by atoms with van der Waals surface area (Å²) in [6, 6.07) is 16.0. The van der Waals surface area contributed by atoms with Gasteiger partial charge < -0.3 is 5.11 Å². The average Bonchev–Trinajstić information content (AvgIpc) is 2.70. The van der Waals surface area contributed by atoms with Crippen LogP contribution in [0.5, 0.6) is 0 Å². The zero-order chi connectivity index (χ0) is 12.5. The van der Waals surface area contributed by atoms with E-state index in [1.54, 1.807) is 0 Å². The van der Waals surface area contributed by atoms with E-state index in [9.17, 15) is 5.11 Å². The van der Waals surface area contributed by atoms with Crippen LogP contribution < -0.4 is 0 Å². The van der Waals surface area contributed by atoms with Gasteiger partial charge in [-0.15, -0.1) is 0 Å². The van der Waals surface area contributed by atoms with Gasteiger partial charge in [0.15, 0.2) is 0 Å². The predicted molar refractivity (Wildman–Crippen MR) is 73.8 cm³/mol. The van der Waals surface area contributed by atoms with E-state index in [0.29, 0.717) is 0 Å². The first-order valence-corrected chi connectivity index (χ1v) is 6.63. The number of hydrogen-bond donors (Lipinski definition) is 1. The molecule has 1 aliphatic rings. The minimum absolute atomic E-state index is 0.238. The molecule has 0 spiro atoms. The van der Waals surface area contributed by atoms with E-state index < -0.39 is 0 Å². The van der Waals surface area contributed by atoms with Crippen molar-refractivity contribution in [2.45, 2.75) is 18.9 Å². The Labute approximate surface area is 112 Å². The third kappa shape index (κ3) is 2.05. The highest BCUT2D eigenvalue weighted by molar-refractivity contribution is 6.31. The zero-order valence-corrected chi connectivity index (χ0v) is 10.8. The molecule has 3 rings (SSSR count). The van der Waals surface area contributed by atoms with Crippen molar-refractivity contribution in [3.63, 3.8) is 0 Å². The molecule has 0 heterocycles. The number of rotatable bonds is 2. The maximum atomic E-state index is 10.4. The normalized spacial score (nSPS) is 21.9. The Bertz CT molecular complexity index is 565. The summed E-state index contributed by atoms with van der Waals surface area (Å²) in [5.74, 6) is 0.238. The molecule has 1 nitrogen and oxygen atoms in total. The van der Waals surface area contributed by atoms with E-state index in [-0.39, 0.29) is 12.0 Å². The number of aliphatic hydroxyl groups excluding tert-OH is 1. The summed E-state index contributed by atoms with van der Waals surface area (Å²) in [4.78, 5) is 0. The van der Waals surface area contributed by atoms with Gasteiger partial charge in [-0.25, -0.2) is 0 Å². The van der Waals surface area contributed by atoms with Crippen LogP contribution in [0.2, 0.25) is 5.02 Å². The van der Waals surface area contributed by atoms with Crippen molar-refractivity contribution < 1.29 is 5.11 Å². The van der Waals surface area contributed by atoms with E-state index in [0.717, 1.165) is 29.0 Å². The summed E-state index contributed by atoms with van der Waals surface area (Å²) < 4.78 is 0. The maximum Gasteiger partial charge on any atom is 0.0827 e. The lowest BCUT2D eigenvalue weighted by Gasteiger charge is -2.15. The molecule has 2 heteroatoms. The number of hydrogen-bond acceptors (Lipinski definition) is 1. The topological polar surface area (TPSA) is 20.2 Å². The molecular formula is C16H15ClO. The second-order valence-electron chi connectivity index (χ2n) is 4.90. The second kappa shape index (κ2) is 4.75. The molecule has 2 aromatic rings. The van der Waals surface area contributed by atoms with Crippen LogP contribution >= 0.6 is 11.6 Å². The Morgan fingerprint density at radius 3 is 2.56 bits per heavy atom. The zero-order valence-electron chi connectivity index (χ0n) is 10.0. The molecule has 2 aromatic carbocycles. The Balaban J connectivity index is 1.83. The molecule has 0 radical (unpaired) electrons. The van der Waals surface area contributed by atoms with Crippen molar-refractivity contribution in [3.8, 4) is 0 Å². The molecule has 0 aromatic heterocycles. The fraction of sp³-hybridized carbons (Fsp3) is 0.250. The van der Waals surface area contributed by atoms with Gasteiger partial charge in [-0.2, -0.15) is 0 Å². The van der Waals surface area contributed by atoms with Gasteiger partial charge in [-0.3, -0.25) is 0 Å². The third-order valence-corrected chi connectivity index (χ3v) is 4.11. The smallest absolute Gasteiger partial charge is 0.0827 e. The van der Waals surface area contributed by atoms with Gasteiger partial charge in [-0.05, 0) is 41.5 Å². The van der Waals surface area contributed by atoms with Crippen molar-refractivity contribution >= 4 is 11.6 Å². The first-order valence-electron chi connectivity index (χ1n) is 6.25. The Morgan fingerprint density at radius 1 is 1.06 bits per heavy atom. The predicted octanol–water partition coefficient (Wildman–Crippen LogP) is 3.79. The van der Waals surface area contributed by atoms with Gasteiger partial charge in [0.05, 0.1) is 6.10 Å². The number of fused-ring (bicyclic) bond motifs is 1. The molecule has 0 aliphatic heterocycles. The van der Waals surface area contributed by atoms with Crippen LogP contribution in [0, 0.1) is 5.92 Å². The van der Waals surface area contributed by atoms with Crippen LogP contribution in [0.4, 0.5) is 0 Å². The third-order valence-electron chi connectivity index (χ3n) is 3.74. The van der Waals surface area contributed by atoms with Gasteiger partial charge in [0, 0.05) is 5.02 Å². The van der Waals surface area contributed by atoms with Crippen LogP contribution in [-0.4, -0.2) is 5.11 Å². The lowest BCUT2D eigenvalue weighted by molar-refractivity contribution is 0.123. The van der Waals surface area contributed by atoms with Crippen LogP contribution in [0.25, 0.3) is 0 Å². The van der Waals surface area contributed by atoms with E-state index in [2.05, 4.69) is 6.07 Å². The van der Waals surface area contributed by atoms with Gasteiger partial charge in [-0.1, -0.05) is 54.1 Å². The molecule has 0 fully saturated rings. The minimum Gasteiger partial charge on any atom is -0.388 e. The molecule has 0 saturated heterocycles. The van der Waals surface area contributed by atoms with E-state index in [1.807, 2.05) is 42.5 Å². The van der Waals surface area contributed by atoms with Crippen molar-refractivity contribution in [2.75, 3.05) is 0 Å². The molecule has 18 heavy (non-hydrogen) atoms. The van der Waals surface area contributed by atoms with Gasteiger partial charge >= 0.3 is 0 Å². The summed E-state index contributed by atoms with van der Waals surface area (Å²) in [5, 5.41) is 11.1. The van der Waals surface area contributed by atoms with Crippen molar-refractivity contribution in [2.24, 2.45) is 5.92 Å². The minimum atomic E-state index is -0.363. The first kappa shape index (κ1) is 11.8. The first-order chi connectivity index (χ1) is 8.75. The molecular weight excluding hydrogens is 244 g/mol. The lowest BCUT2D eigenvalue weighted by atomic mass is 9.95. The fourth-order valence-corrected chi connectivity index (χ4v) is 3.00. The van der Waals surface area contributed by atoms with Crippen LogP contribution in [0.15, 0.2) is 48.5 Å². The van der Waals surface area contributed by atoms with Crippen LogP contribution in [-0.2, 0) is 12.8 Å². The highest BCUT2D eigenvalue weighted by Crippen LogP contribution is 2.38. The summed E-state index contributed by atoms with van der Waals surface area (Å²) in [7, 11) is 0. The molecule has 92 valence electrons. The Hall–Kier alpha value is -1.31.